The summed E-state index contributed by atoms with van der Waals surface area (Å²) in [4.78, 5) is 0. The van der Waals surface area contributed by atoms with Gasteiger partial charge in [-0.25, -0.2) is 0 Å². The van der Waals surface area contributed by atoms with Crippen LogP contribution < -0.4 is 0 Å². The minimum absolute atomic E-state index is 0.598. The molecule has 0 saturated carbocycles. The summed E-state index contributed by atoms with van der Waals surface area (Å²) < 4.78 is 5.48. The van der Waals surface area contributed by atoms with Gasteiger partial charge in [-0.1, -0.05) is 6.42 Å². The van der Waals surface area contributed by atoms with Gasteiger partial charge in [-0.2, -0.15) is 11.8 Å². The molecule has 0 bridgehead atoms. The molecule has 64 valence electrons. The molecule has 0 aromatic heterocycles. The molecule has 0 aliphatic carbocycles. The zero-order valence-corrected chi connectivity index (χ0v) is 7.79. The Labute approximate surface area is 72.9 Å². The van der Waals surface area contributed by atoms with Crippen LogP contribution in [0.15, 0.2) is 0 Å². The van der Waals surface area contributed by atoms with Crippen molar-refractivity contribution in [3.8, 4) is 0 Å². The number of hydrogen-bond donors (Lipinski definition) is 0. The summed E-state index contributed by atoms with van der Waals surface area (Å²) in [6, 6.07) is 0. The molecule has 2 heterocycles. The Kier molecular flexibility index (Phi) is 2.42. The molecule has 0 aromatic carbocycles. The van der Waals surface area contributed by atoms with Crippen LogP contribution in [0.3, 0.4) is 0 Å². The Morgan fingerprint density at radius 1 is 1.18 bits per heavy atom. The number of ether oxygens (including phenoxy) is 1. The van der Waals surface area contributed by atoms with E-state index < -0.39 is 0 Å². The third-order valence-corrected chi connectivity index (χ3v) is 4.23. The van der Waals surface area contributed by atoms with Crippen LogP contribution in [0.1, 0.15) is 25.7 Å². The van der Waals surface area contributed by atoms with Gasteiger partial charge in [0, 0.05) is 17.8 Å². The van der Waals surface area contributed by atoms with Gasteiger partial charge < -0.3 is 4.74 Å². The number of thioether (sulfide) groups is 1. The summed E-state index contributed by atoms with van der Waals surface area (Å²) in [6.07, 6.45) is 5.59. The first-order chi connectivity index (χ1) is 5.41. The lowest BCUT2D eigenvalue weighted by Gasteiger charge is -2.24. The molecule has 0 aromatic rings. The van der Waals surface area contributed by atoms with E-state index in [9.17, 15) is 0 Å². The largest absolute Gasteiger partial charge is 0.381 e. The van der Waals surface area contributed by atoms with E-state index in [2.05, 4.69) is 11.8 Å². The molecule has 1 atom stereocenters. The van der Waals surface area contributed by atoms with Gasteiger partial charge in [-0.3, -0.25) is 0 Å². The standard InChI is InChI=1S/C9H16OS/c1-2-6-11-8-9(3-1)4-5-10-7-9/h1-8H2. The molecule has 2 fully saturated rings. The summed E-state index contributed by atoms with van der Waals surface area (Å²) in [5.41, 5.74) is 0.598. The Morgan fingerprint density at radius 3 is 3.00 bits per heavy atom. The van der Waals surface area contributed by atoms with Crippen LogP contribution in [0.25, 0.3) is 0 Å². The lowest BCUT2D eigenvalue weighted by molar-refractivity contribution is 0.156. The second kappa shape index (κ2) is 3.36. The van der Waals surface area contributed by atoms with Gasteiger partial charge in [-0.05, 0) is 25.0 Å². The second-order valence-corrected chi connectivity index (χ2v) is 4.92. The van der Waals surface area contributed by atoms with E-state index in [1.54, 1.807) is 0 Å². The van der Waals surface area contributed by atoms with Gasteiger partial charge in [0.25, 0.3) is 0 Å². The third kappa shape index (κ3) is 1.73. The highest BCUT2D eigenvalue weighted by Crippen LogP contribution is 2.39. The first-order valence-corrected chi connectivity index (χ1v) is 5.72. The van der Waals surface area contributed by atoms with Gasteiger partial charge in [0.1, 0.15) is 0 Å². The van der Waals surface area contributed by atoms with Crippen molar-refractivity contribution >= 4 is 11.8 Å². The first kappa shape index (κ1) is 7.93. The van der Waals surface area contributed by atoms with Crippen LogP contribution in [0.4, 0.5) is 0 Å². The molecular formula is C9H16OS. The van der Waals surface area contributed by atoms with Gasteiger partial charge in [-0.15, -0.1) is 0 Å². The van der Waals surface area contributed by atoms with Crippen molar-refractivity contribution in [2.24, 2.45) is 5.41 Å². The summed E-state index contributed by atoms with van der Waals surface area (Å²) in [7, 11) is 0. The normalized spacial score (nSPS) is 39.3. The molecule has 2 aliphatic heterocycles. The lowest BCUT2D eigenvalue weighted by atomic mass is 9.84. The molecule has 0 N–H and O–H groups in total. The highest BCUT2D eigenvalue weighted by atomic mass is 32.2. The molecular weight excluding hydrogens is 156 g/mol. The maximum Gasteiger partial charge on any atom is 0.0531 e. The van der Waals surface area contributed by atoms with Crippen molar-refractivity contribution in [3.63, 3.8) is 0 Å². The molecule has 0 radical (unpaired) electrons. The van der Waals surface area contributed by atoms with E-state index >= 15 is 0 Å². The van der Waals surface area contributed by atoms with Crippen LogP contribution in [0.2, 0.25) is 0 Å². The molecule has 0 amide bonds. The predicted molar refractivity (Wildman–Crippen MR) is 49.0 cm³/mol. The monoisotopic (exact) mass is 172 g/mol. The molecule has 1 spiro atoms. The summed E-state index contributed by atoms with van der Waals surface area (Å²) in [5.74, 6) is 2.73. The Bertz CT molecular complexity index is 120. The summed E-state index contributed by atoms with van der Waals surface area (Å²) >= 11 is 2.13. The fraction of sp³-hybridized carbons (Fsp3) is 1.00. The maximum atomic E-state index is 5.48. The van der Waals surface area contributed by atoms with E-state index in [0.29, 0.717) is 5.41 Å². The minimum Gasteiger partial charge on any atom is -0.381 e. The Hall–Kier alpha value is 0.310. The maximum absolute atomic E-state index is 5.48. The molecule has 2 rings (SSSR count). The van der Waals surface area contributed by atoms with Gasteiger partial charge in [0.2, 0.25) is 0 Å². The topological polar surface area (TPSA) is 9.23 Å². The van der Waals surface area contributed by atoms with Crippen molar-refractivity contribution in [3.05, 3.63) is 0 Å². The van der Waals surface area contributed by atoms with Crippen LogP contribution in [-0.4, -0.2) is 24.7 Å². The zero-order chi connectivity index (χ0) is 7.57. The Morgan fingerprint density at radius 2 is 2.18 bits per heavy atom. The number of hydrogen-bond acceptors (Lipinski definition) is 2. The van der Waals surface area contributed by atoms with E-state index in [0.717, 1.165) is 13.2 Å². The fourth-order valence-electron chi connectivity index (χ4n) is 2.03. The molecule has 2 heteroatoms. The van der Waals surface area contributed by atoms with Crippen molar-refractivity contribution in [2.45, 2.75) is 25.7 Å². The van der Waals surface area contributed by atoms with E-state index in [-0.39, 0.29) is 0 Å². The lowest BCUT2D eigenvalue weighted by Crippen LogP contribution is -2.22. The highest BCUT2D eigenvalue weighted by Gasteiger charge is 2.35. The Balaban J connectivity index is 1.97. The smallest absolute Gasteiger partial charge is 0.0531 e. The molecule has 1 unspecified atom stereocenters. The SMILES string of the molecule is C1CCC2(CCOC2)CSC1. The van der Waals surface area contributed by atoms with E-state index in [4.69, 9.17) is 4.74 Å². The summed E-state index contributed by atoms with van der Waals surface area (Å²) in [5, 5.41) is 0. The van der Waals surface area contributed by atoms with Crippen LogP contribution in [0, 0.1) is 5.41 Å². The van der Waals surface area contributed by atoms with Gasteiger partial charge in [0.05, 0.1) is 6.61 Å². The summed E-state index contributed by atoms with van der Waals surface area (Å²) in [6.45, 7) is 2.06. The van der Waals surface area contributed by atoms with Crippen molar-refractivity contribution in [1.29, 1.82) is 0 Å². The molecule has 11 heavy (non-hydrogen) atoms. The number of rotatable bonds is 0. The fourth-order valence-corrected chi connectivity index (χ4v) is 3.38. The van der Waals surface area contributed by atoms with E-state index in [1.807, 2.05) is 0 Å². The quantitative estimate of drug-likeness (QED) is 0.554. The van der Waals surface area contributed by atoms with Crippen molar-refractivity contribution in [2.75, 3.05) is 24.7 Å². The molecule has 2 saturated heterocycles. The molecule has 1 nitrogen and oxygen atoms in total. The average Bonchev–Trinajstić information content (AvgIpc) is 2.32. The van der Waals surface area contributed by atoms with Crippen molar-refractivity contribution < 1.29 is 4.74 Å². The van der Waals surface area contributed by atoms with Crippen LogP contribution in [0.5, 0.6) is 0 Å². The van der Waals surface area contributed by atoms with Gasteiger partial charge >= 0.3 is 0 Å². The third-order valence-electron chi connectivity index (χ3n) is 2.84. The van der Waals surface area contributed by atoms with E-state index in [1.165, 1.54) is 37.2 Å². The van der Waals surface area contributed by atoms with Crippen LogP contribution >= 0.6 is 11.8 Å². The van der Waals surface area contributed by atoms with Crippen molar-refractivity contribution in [1.82, 2.24) is 0 Å². The average molecular weight is 172 g/mol. The zero-order valence-electron chi connectivity index (χ0n) is 6.97. The molecule has 2 aliphatic rings. The van der Waals surface area contributed by atoms with Crippen LogP contribution in [-0.2, 0) is 4.74 Å². The predicted octanol–water partition coefficient (Wildman–Crippen LogP) is 2.31. The minimum atomic E-state index is 0.598. The highest BCUT2D eigenvalue weighted by molar-refractivity contribution is 7.99. The second-order valence-electron chi connectivity index (χ2n) is 3.81. The van der Waals surface area contributed by atoms with Gasteiger partial charge in [0.15, 0.2) is 0 Å². The first-order valence-electron chi connectivity index (χ1n) is 4.57.